The summed E-state index contributed by atoms with van der Waals surface area (Å²) in [5, 5.41) is 21.6. The lowest BCUT2D eigenvalue weighted by molar-refractivity contribution is 1.08. The van der Waals surface area contributed by atoms with Gasteiger partial charge in [-0.05, 0) is 173 Å². The third kappa shape index (κ3) is 12.6. The standard InChI is InChI=1S/C63H39N5.C59H37N5/c1-4-18-41(19-5-1)53-38-59-60(51-28-13-12-26-49(51)53)55-37-54-50-27-14-15-30-56(50)67(57(54)39-58(55)68(59)46-32-31-40-17-10-11-24-44(40)35-46)47-33-34-48-45(36-47)25-16-29-52(48)63-65-61(42-20-6-2-7-21-42)64-62(66-63)43-22-8-3-9-23-43;1-5-18-38(19-6-1)49-36-55-56(47-29-14-13-27-45(47)49)51-35-50-46-28-15-16-31-52(46)64(53(50)37-54(51)63(55)42-25-11-4-12-26-42)43-32-33-44-41(34-43)24-17-30-48(44)59-61-57(39-20-7-2-8-21-39)60-58(62-59)40-22-9-3-10-23-40/h1-39H;1-37H. The fourth-order valence-electron chi connectivity index (χ4n) is 20.5. The average Bonchev–Trinajstić information content (AvgIpc) is 1.55. The van der Waals surface area contributed by atoms with E-state index in [1.165, 1.54) is 109 Å². The molecule has 614 valence electrons. The molecule has 0 spiro atoms. The summed E-state index contributed by atoms with van der Waals surface area (Å²) < 4.78 is 9.82. The van der Waals surface area contributed by atoms with Crippen molar-refractivity contribution < 1.29 is 0 Å². The van der Waals surface area contributed by atoms with Gasteiger partial charge in [-0.3, -0.25) is 0 Å². The van der Waals surface area contributed by atoms with Gasteiger partial charge in [0.25, 0.3) is 0 Å². The topological polar surface area (TPSA) is 97.1 Å². The van der Waals surface area contributed by atoms with Crippen LogP contribution in [0.1, 0.15) is 0 Å². The van der Waals surface area contributed by atoms with E-state index in [4.69, 9.17) is 29.9 Å². The van der Waals surface area contributed by atoms with Crippen molar-refractivity contribution in [1.82, 2.24) is 48.2 Å². The summed E-state index contributed by atoms with van der Waals surface area (Å²) in [5.41, 5.74) is 24.2. The van der Waals surface area contributed by atoms with E-state index in [2.05, 4.69) is 358 Å². The van der Waals surface area contributed by atoms with Gasteiger partial charge in [-0.2, -0.15) is 0 Å². The average molecular weight is 1680 g/mol. The number of hydrogen-bond donors (Lipinski definition) is 0. The van der Waals surface area contributed by atoms with Gasteiger partial charge in [0.05, 0.1) is 44.1 Å². The highest BCUT2D eigenvalue weighted by Crippen LogP contribution is 2.49. The molecule has 0 amide bonds. The van der Waals surface area contributed by atoms with Crippen LogP contribution in [0.4, 0.5) is 0 Å². The highest BCUT2D eigenvalue weighted by Gasteiger charge is 2.27. The summed E-state index contributed by atoms with van der Waals surface area (Å²) in [4.78, 5) is 30.3. The number of benzene rings is 21. The van der Waals surface area contributed by atoms with Crippen molar-refractivity contribution in [3.8, 4) is 113 Å². The van der Waals surface area contributed by atoms with Crippen LogP contribution in [0.5, 0.6) is 0 Å². The number of para-hydroxylation sites is 3. The molecule has 27 aromatic rings. The zero-order chi connectivity index (χ0) is 86.9. The molecule has 132 heavy (non-hydrogen) atoms. The van der Waals surface area contributed by atoms with Gasteiger partial charge in [0.2, 0.25) is 0 Å². The lowest BCUT2D eigenvalue weighted by atomic mass is 9.94. The first-order chi connectivity index (χ1) is 65.5. The molecule has 0 unspecified atom stereocenters. The minimum atomic E-state index is 0.639. The molecule has 6 aromatic heterocycles. The number of fused-ring (bicyclic) bond motifs is 19. The lowest BCUT2D eigenvalue weighted by Gasteiger charge is -2.13. The summed E-state index contributed by atoms with van der Waals surface area (Å²) in [6.07, 6.45) is 0. The molecule has 0 saturated carbocycles. The Morgan fingerprint density at radius 2 is 0.424 bits per heavy atom. The highest BCUT2D eigenvalue weighted by molar-refractivity contribution is 6.29. The van der Waals surface area contributed by atoms with E-state index in [-0.39, 0.29) is 0 Å². The molecule has 27 rings (SSSR count). The van der Waals surface area contributed by atoms with E-state index in [1.807, 2.05) is 121 Å². The number of aromatic nitrogens is 10. The molecule has 0 aliphatic heterocycles. The third-order valence-electron chi connectivity index (χ3n) is 26.4. The van der Waals surface area contributed by atoms with Crippen LogP contribution in [0, 0.1) is 0 Å². The van der Waals surface area contributed by atoms with Gasteiger partial charge in [-0.1, -0.05) is 364 Å². The number of hydrogen-bond acceptors (Lipinski definition) is 6. The van der Waals surface area contributed by atoms with Crippen molar-refractivity contribution in [2.45, 2.75) is 0 Å². The van der Waals surface area contributed by atoms with Crippen molar-refractivity contribution in [2.24, 2.45) is 0 Å². The van der Waals surface area contributed by atoms with Gasteiger partial charge in [0.1, 0.15) is 0 Å². The molecule has 0 N–H and O–H groups in total. The maximum atomic E-state index is 5.11. The Hall–Kier alpha value is -17.9. The number of rotatable bonds is 12. The summed E-state index contributed by atoms with van der Waals surface area (Å²) in [6, 6.07) is 165. The Labute approximate surface area is 758 Å². The molecule has 0 bridgehead atoms. The predicted molar refractivity (Wildman–Crippen MR) is 548 cm³/mol. The Bertz CT molecular complexity index is 9200. The van der Waals surface area contributed by atoms with E-state index in [1.54, 1.807) is 0 Å². The molecule has 10 heteroatoms. The first-order valence-corrected chi connectivity index (χ1v) is 44.8. The fourth-order valence-corrected chi connectivity index (χ4v) is 20.5. The molecule has 0 saturated heterocycles. The second kappa shape index (κ2) is 31.0. The molecular weight excluding hydrogens is 1610 g/mol. The molecule has 0 aliphatic rings. The number of nitrogens with zero attached hydrogens (tertiary/aromatic N) is 10. The van der Waals surface area contributed by atoms with Crippen molar-refractivity contribution in [3.05, 3.63) is 461 Å². The zero-order valence-corrected chi connectivity index (χ0v) is 71.4. The van der Waals surface area contributed by atoms with E-state index in [0.29, 0.717) is 34.9 Å². The SMILES string of the molecule is c1ccc(-c2nc(-c3ccccc3)nc(-c3cccc4cc(-n5c6ccccc6c6cc7c8c9ccccc9c(-c9ccccc9)cc8n(-c8ccc9ccccc9c8)c7cc65)ccc34)n2)cc1.c1ccc(-c2nc(-c3ccccc3)nc(-c3cccc4cc(-n5c6ccccc6c6cc7c8c9ccccc9c(-c9ccccc9)cc8n(-c8ccccc8)c7cc65)ccc34)n2)cc1. The fraction of sp³-hybridized carbons (Fsp3) is 0. The normalized spacial score (nSPS) is 11.8. The Morgan fingerprint density at radius 3 is 0.833 bits per heavy atom. The Morgan fingerprint density at radius 1 is 0.129 bits per heavy atom. The van der Waals surface area contributed by atoms with Crippen LogP contribution in [-0.2, 0) is 0 Å². The van der Waals surface area contributed by atoms with Crippen LogP contribution in [0.2, 0.25) is 0 Å². The van der Waals surface area contributed by atoms with Crippen LogP contribution < -0.4 is 0 Å². The molecule has 0 fully saturated rings. The van der Waals surface area contributed by atoms with E-state index >= 15 is 0 Å². The quantitative estimate of drug-likeness (QED) is 0.121. The van der Waals surface area contributed by atoms with Crippen LogP contribution in [0.25, 0.3) is 254 Å². The molecule has 0 atom stereocenters. The summed E-state index contributed by atoms with van der Waals surface area (Å²) in [7, 11) is 0. The zero-order valence-electron chi connectivity index (χ0n) is 71.4. The van der Waals surface area contributed by atoms with Gasteiger partial charge < -0.3 is 18.3 Å². The molecule has 0 aliphatic carbocycles. The van der Waals surface area contributed by atoms with Gasteiger partial charge in [0.15, 0.2) is 34.9 Å². The molecule has 10 nitrogen and oxygen atoms in total. The summed E-state index contributed by atoms with van der Waals surface area (Å²) in [5.74, 6) is 3.86. The highest BCUT2D eigenvalue weighted by atomic mass is 15.1. The van der Waals surface area contributed by atoms with Crippen molar-refractivity contribution in [2.75, 3.05) is 0 Å². The van der Waals surface area contributed by atoms with Crippen LogP contribution in [0.15, 0.2) is 461 Å². The maximum absolute atomic E-state index is 5.11. The maximum Gasteiger partial charge on any atom is 0.164 e. The van der Waals surface area contributed by atoms with E-state index in [9.17, 15) is 0 Å². The Kier molecular flexibility index (Phi) is 17.7. The van der Waals surface area contributed by atoms with Crippen LogP contribution in [-0.4, -0.2) is 48.2 Å². The van der Waals surface area contributed by atoms with Crippen molar-refractivity contribution >= 4 is 141 Å². The van der Waals surface area contributed by atoms with Gasteiger partial charge >= 0.3 is 0 Å². The molecule has 6 heterocycles. The van der Waals surface area contributed by atoms with Crippen molar-refractivity contribution in [3.63, 3.8) is 0 Å². The summed E-state index contributed by atoms with van der Waals surface area (Å²) in [6.45, 7) is 0. The molecular formula is C122H76N10. The van der Waals surface area contributed by atoms with Gasteiger partial charge in [-0.25, -0.2) is 29.9 Å². The monoisotopic (exact) mass is 1680 g/mol. The summed E-state index contributed by atoms with van der Waals surface area (Å²) >= 11 is 0. The first-order valence-electron chi connectivity index (χ1n) is 44.8. The van der Waals surface area contributed by atoms with Crippen molar-refractivity contribution in [1.29, 1.82) is 0 Å². The molecule has 21 aromatic carbocycles. The lowest BCUT2D eigenvalue weighted by Crippen LogP contribution is -2.00. The second-order valence-corrected chi connectivity index (χ2v) is 34.0. The van der Waals surface area contributed by atoms with E-state index in [0.717, 1.165) is 111 Å². The van der Waals surface area contributed by atoms with E-state index < -0.39 is 0 Å². The smallest absolute Gasteiger partial charge is 0.164 e. The van der Waals surface area contributed by atoms with Crippen LogP contribution in [0.3, 0.4) is 0 Å². The molecule has 0 radical (unpaired) electrons. The largest absolute Gasteiger partial charge is 0.309 e. The predicted octanol–water partition coefficient (Wildman–Crippen LogP) is 31.2. The third-order valence-corrected chi connectivity index (χ3v) is 26.4. The minimum absolute atomic E-state index is 0.639. The first kappa shape index (κ1) is 75.5. The van der Waals surface area contributed by atoms with Gasteiger partial charge in [-0.15, -0.1) is 0 Å². The minimum Gasteiger partial charge on any atom is -0.309 e. The Balaban J connectivity index is 0.000000139. The van der Waals surface area contributed by atoms with Gasteiger partial charge in [0, 0.05) is 99.2 Å². The second-order valence-electron chi connectivity index (χ2n) is 34.0. The van der Waals surface area contributed by atoms with Crippen LogP contribution >= 0.6 is 0 Å².